The molecule has 0 spiro atoms. The zero-order valence-electron chi connectivity index (χ0n) is 16.4. The maximum Gasteiger partial charge on any atom is 0.312 e. The van der Waals surface area contributed by atoms with Gasteiger partial charge in [-0.1, -0.05) is 25.1 Å². The fraction of sp³-hybridized carbons (Fsp3) is 0.450. The Bertz CT molecular complexity index is 817. The summed E-state index contributed by atoms with van der Waals surface area (Å²) >= 11 is 0. The fourth-order valence-corrected chi connectivity index (χ4v) is 3.19. The third-order valence-electron chi connectivity index (χ3n) is 4.64. The predicted octanol–water partition coefficient (Wildman–Crippen LogP) is 1.21. The Hall–Kier alpha value is -2.87. The number of para-hydroxylation sites is 1. The summed E-state index contributed by atoms with van der Waals surface area (Å²) in [5.41, 5.74) is 7.10. The number of aromatic nitrogens is 1. The van der Waals surface area contributed by atoms with Crippen LogP contribution >= 0.6 is 0 Å². The molecule has 0 bridgehead atoms. The van der Waals surface area contributed by atoms with Crippen LogP contribution in [-0.2, 0) is 16.0 Å². The van der Waals surface area contributed by atoms with Crippen molar-refractivity contribution in [3.8, 4) is 0 Å². The SMILES string of the molecule is CCN[C@@H](Cc1c[nH]c2ccccc12)C(=O)N[C@H](CCCNC(N)=O)C(C)=O. The summed E-state index contributed by atoms with van der Waals surface area (Å²) in [5, 5.41) is 9.61. The van der Waals surface area contributed by atoms with Crippen LogP contribution in [0.4, 0.5) is 4.79 Å². The van der Waals surface area contributed by atoms with E-state index in [0.717, 1.165) is 16.5 Å². The van der Waals surface area contributed by atoms with Gasteiger partial charge in [0.1, 0.15) is 0 Å². The zero-order valence-corrected chi connectivity index (χ0v) is 16.4. The number of urea groups is 1. The summed E-state index contributed by atoms with van der Waals surface area (Å²) in [5.74, 6) is -0.329. The monoisotopic (exact) mass is 387 g/mol. The molecule has 0 unspecified atom stereocenters. The quantitative estimate of drug-likeness (QED) is 0.371. The lowest BCUT2D eigenvalue weighted by Crippen LogP contribution is -2.50. The number of amides is 3. The highest BCUT2D eigenvalue weighted by atomic mass is 16.2. The number of likely N-dealkylation sites (N-methyl/N-ethyl adjacent to an activating group) is 1. The Labute approximate surface area is 164 Å². The number of benzene rings is 1. The number of hydrogen-bond donors (Lipinski definition) is 5. The molecule has 0 radical (unpaired) electrons. The van der Waals surface area contributed by atoms with Gasteiger partial charge in [-0.05, 0) is 44.4 Å². The van der Waals surface area contributed by atoms with E-state index in [9.17, 15) is 14.4 Å². The van der Waals surface area contributed by atoms with E-state index in [4.69, 9.17) is 5.73 Å². The molecular weight excluding hydrogens is 358 g/mol. The molecule has 0 fully saturated rings. The van der Waals surface area contributed by atoms with E-state index in [1.54, 1.807) is 0 Å². The van der Waals surface area contributed by atoms with E-state index < -0.39 is 18.1 Å². The van der Waals surface area contributed by atoms with E-state index in [-0.39, 0.29) is 11.7 Å². The molecular formula is C20H29N5O3. The van der Waals surface area contributed by atoms with Gasteiger partial charge in [-0.3, -0.25) is 9.59 Å². The summed E-state index contributed by atoms with van der Waals surface area (Å²) in [6.45, 7) is 4.39. The Balaban J connectivity index is 2.01. The smallest absolute Gasteiger partial charge is 0.312 e. The summed E-state index contributed by atoms with van der Waals surface area (Å²) in [7, 11) is 0. The molecule has 1 aromatic heterocycles. The van der Waals surface area contributed by atoms with Crippen molar-refractivity contribution in [1.82, 2.24) is 20.9 Å². The Morgan fingerprint density at radius 3 is 2.61 bits per heavy atom. The van der Waals surface area contributed by atoms with Crippen molar-refractivity contribution >= 4 is 28.6 Å². The van der Waals surface area contributed by atoms with Crippen molar-refractivity contribution < 1.29 is 14.4 Å². The van der Waals surface area contributed by atoms with Crippen molar-refractivity contribution in [2.45, 2.75) is 45.2 Å². The topological polar surface area (TPSA) is 129 Å². The maximum absolute atomic E-state index is 12.8. The van der Waals surface area contributed by atoms with Crippen LogP contribution in [0.1, 0.15) is 32.3 Å². The second-order valence-corrected chi connectivity index (χ2v) is 6.78. The lowest BCUT2D eigenvalue weighted by molar-refractivity contribution is -0.128. The number of carbonyl (C=O) groups excluding carboxylic acids is 3. The van der Waals surface area contributed by atoms with Gasteiger partial charge in [0.15, 0.2) is 5.78 Å². The third-order valence-corrected chi connectivity index (χ3v) is 4.64. The number of nitrogens with two attached hydrogens (primary N) is 1. The molecule has 8 nitrogen and oxygen atoms in total. The van der Waals surface area contributed by atoms with Crippen LogP contribution in [0.25, 0.3) is 10.9 Å². The van der Waals surface area contributed by atoms with Crippen LogP contribution in [0.5, 0.6) is 0 Å². The van der Waals surface area contributed by atoms with Gasteiger partial charge in [-0.15, -0.1) is 0 Å². The molecule has 1 aromatic carbocycles. The maximum atomic E-state index is 12.8. The number of nitrogens with one attached hydrogen (secondary N) is 4. The zero-order chi connectivity index (χ0) is 20.5. The number of fused-ring (bicyclic) bond motifs is 1. The average molecular weight is 387 g/mol. The molecule has 8 heteroatoms. The van der Waals surface area contributed by atoms with Gasteiger partial charge in [0.2, 0.25) is 5.91 Å². The number of ketones is 1. The molecule has 0 aliphatic rings. The van der Waals surface area contributed by atoms with Crippen molar-refractivity contribution in [2.24, 2.45) is 5.73 Å². The molecule has 152 valence electrons. The highest BCUT2D eigenvalue weighted by molar-refractivity contribution is 5.90. The molecule has 28 heavy (non-hydrogen) atoms. The van der Waals surface area contributed by atoms with E-state index in [2.05, 4.69) is 20.9 Å². The summed E-state index contributed by atoms with van der Waals surface area (Å²) < 4.78 is 0. The largest absolute Gasteiger partial charge is 0.361 e. The second-order valence-electron chi connectivity index (χ2n) is 6.78. The van der Waals surface area contributed by atoms with Gasteiger partial charge in [0.05, 0.1) is 12.1 Å². The average Bonchev–Trinajstić information content (AvgIpc) is 3.06. The molecule has 6 N–H and O–H groups in total. The van der Waals surface area contributed by atoms with Crippen LogP contribution in [0.15, 0.2) is 30.5 Å². The Kier molecular flexibility index (Phi) is 8.01. The second kappa shape index (κ2) is 10.5. The minimum absolute atomic E-state index is 0.116. The molecule has 2 atom stereocenters. The van der Waals surface area contributed by atoms with E-state index in [0.29, 0.717) is 32.4 Å². The number of rotatable bonds is 11. The van der Waals surface area contributed by atoms with Crippen LogP contribution in [0, 0.1) is 0 Å². The van der Waals surface area contributed by atoms with Crippen molar-refractivity contribution in [1.29, 1.82) is 0 Å². The normalized spacial score (nSPS) is 13.1. The summed E-state index contributed by atoms with van der Waals surface area (Å²) in [6, 6.07) is 6.30. The molecule has 1 heterocycles. The number of primary amides is 1. The highest BCUT2D eigenvalue weighted by Crippen LogP contribution is 2.19. The van der Waals surface area contributed by atoms with Gasteiger partial charge in [0, 0.05) is 23.6 Å². The van der Waals surface area contributed by atoms with Gasteiger partial charge in [-0.2, -0.15) is 0 Å². The minimum Gasteiger partial charge on any atom is -0.361 e. The molecule has 0 aliphatic carbocycles. The number of Topliss-reactive ketones (excluding diaryl/α,β-unsaturated/α-hetero) is 1. The number of aromatic amines is 1. The van der Waals surface area contributed by atoms with Gasteiger partial charge in [0.25, 0.3) is 0 Å². The van der Waals surface area contributed by atoms with Crippen LogP contribution in [0.2, 0.25) is 0 Å². The molecule has 0 saturated carbocycles. The fourth-order valence-electron chi connectivity index (χ4n) is 3.19. The molecule has 2 rings (SSSR count). The first-order valence-electron chi connectivity index (χ1n) is 9.54. The van der Waals surface area contributed by atoms with E-state index in [1.807, 2.05) is 37.4 Å². The van der Waals surface area contributed by atoms with Crippen molar-refractivity contribution in [3.05, 3.63) is 36.0 Å². The Morgan fingerprint density at radius 1 is 1.18 bits per heavy atom. The molecule has 3 amide bonds. The number of hydrogen-bond acceptors (Lipinski definition) is 4. The first-order valence-corrected chi connectivity index (χ1v) is 9.54. The van der Waals surface area contributed by atoms with Gasteiger partial charge >= 0.3 is 6.03 Å². The number of H-pyrrole nitrogens is 1. The summed E-state index contributed by atoms with van der Waals surface area (Å²) in [6.07, 6.45) is 3.41. The van der Waals surface area contributed by atoms with Crippen LogP contribution in [-0.4, -0.2) is 47.9 Å². The first-order chi connectivity index (χ1) is 13.4. The van der Waals surface area contributed by atoms with Gasteiger partial charge in [-0.25, -0.2) is 4.79 Å². The number of carbonyl (C=O) groups is 3. The van der Waals surface area contributed by atoms with E-state index >= 15 is 0 Å². The molecule has 0 saturated heterocycles. The van der Waals surface area contributed by atoms with Crippen molar-refractivity contribution in [2.75, 3.05) is 13.1 Å². The highest BCUT2D eigenvalue weighted by Gasteiger charge is 2.24. The predicted molar refractivity (Wildman–Crippen MR) is 109 cm³/mol. The first kappa shape index (κ1) is 21.4. The Morgan fingerprint density at radius 2 is 1.93 bits per heavy atom. The third kappa shape index (κ3) is 6.09. The molecule has 0 aliphatic heterocycles. The summed E-state index contributed by atoms with van der Waals surface area (Å²) in [4.78, 5) is 38.7. The van der Waals surface area contributed by atoms with Crippen LogP contribution in [0.3, 0.4) is 0 Å². The lowest BCUT2D eigenvalue weighted by Gasteiger charge is -2.22. The standard InChI is InChI=1S/C20H29N5O3/c1-3-22-18(11-14-12-24-17-8-5-4-7-15(14)17)19(27)25-16(13(2)26)9-6-10-23-20(21)28/h4-5,7-8,12,16,18,22,24H,3,6,9-11H2,1-2H3,(H,25,27)(H3,21,23,28)/t16-,18+/m1/s1. The minimum atomic E-state index is -0.602. The van der Waals surface area contributed by atoms with Gasteiger partial charge < -0.3 is 26.7 Å². The molecule has 2 aromatic rings. The van der Waals surface area contributed by atoms with Crippen LogP contribution < -0.4 is 21.7 Å². The van der Waals surface area contributed by atoms with Crippen molar-refractivity contribution in [3.63, 3.8) is 0 Å². The lowest BCUT2D eigenvalue weighted by atomic mass is 10.0. The van der Waals surface area contributed by atoms with E-state index in [1.165, 1.54) is 6.92 Å².